The van der Waals surface area contributed by atoms with Crippen LogP contribution in [0.5, 0.6) is 11.5 Å². The molecule has 1 aromatic heterocycles. The molecular formula is C23H33N5O3S. The molecule has 0 bridgehead atoms. The molecule has 0 spiro atoms. The third-order valence-electron chi connectivity index (χ3n) is 6.57. The van der Waals surface area contributed by atoms with Crippen LogP contribution >= 0.6 is 11.8 Å². The molecule has 4 rings (SSSR count). The van der Waals surface area contributed by atoms with Crippen molar-refractivity contribution in [2.75, 3.05) is 20.0 Å². The fourth-order valence-electron chi connectivity index (χ4n) is 4.97. The smallest absolute Gasteiger partial charge is 0.233 e. The second-order valence-corrected chi connectivity index (χ2v) is 9.56. The largest absolute Gasteiger partial charge is 0.497 e. The number of aromatic nitrogens is 4. The number of carbonyl (C=O) groups is 1. The van der Waals surface area contributed by atoms with E-state index in [1.165, 1.54) is 50.3 Å². The Hall–Kier alpha value is -2.29. The first kappa shape index (κ1) is 22.9. The highest BCUT2D eigenvalue weighted by Gasteiger charge is 2.32. The van der Waals surface area contributed by atoms with Gasteiger partial charge < -0.3 is 14.4 Å². The zero-order valence-corrected chi connectivity index (χ0v) is 19.9. The van der Waals surface area contributed by atoms with Crippen molar-refractivity contribution >= 4 is 17.7 Å². The highest BCUT2D eigenvalue weighted by molar-refractivity contribution is 7.99. The maximum atomic E-state index is 13.5. The lowest BCUT2D eigenvalue weighted by atomic mass is 9.88. The quantitative estimate of drug-likeness (QED) is 0.545. The van der Waals surface area contributed by atoms with Crippen molar-refractivity contribution in [3.05, 3.63) is 18.2 Å². The van der Waals surface area contributed by atoms with Crippen molar-refractivity contribution in [3.63, 3.8) is 0 Å². The summed E-state index contributed by atoms with van der Waals surface area (Å²) in [7, 11) is 3.22. The maximum Gasteiger partial charge on any atom is 0.233 e. The molecule has 0 saturated heterocycles. The third kappa shape index (κ3) is 5.36. The van der Waals surface area contributed by atoms with Crippen LogP contribution in [-0.4, -0.2) is 63.1 Å². The van der Waals surface area contributed by atoms with E-state index in [0.29, 0.717) is 34.5 Å². The van der Waals surface area contributed by atoms with Gasteiger partial charge in [0, 0.05) is 30.3 Å². The van der Waals surface area contributed by atoms with Crippen LogP contribution in [0.2, 0.25) is 0 Å². The number of carbonyl (C=O) groups excluding carboxylic acids is 1. The van der Waals surface area contributed by atoms with Crippen LogP contribution in [0.3, 0.4) is 0 Å². The molecule has 2 saturated carbocycles. The number of rotatable bonds is 8. The molecule has 1 amide bonds. The number of hydrogen-bond acceptors (Lipinski definition) is 7. The number of tetrazole rings is 1. The summed E-state index contributed by atoms with van der Waals surface area (Å²) in [6.07, 6.45) is 12.0. The van der Waals surface area contributed by atoms with Gasteiger partial charge in [-0.2, -0.15) is 4.68 Å². The Morgan fingerprint density at radius 3 is 2.06 bits per heavy atom. The Kier molecular flexibility index (Phi) is 7.89. The number of ether oxygens (including phenoxy) is 2. The van der Waals surface area contributed by atoms with Gasteiger partial charge in [-0.25, -0.2) is 0 Å². The van der Waals surface area contributed by atoms with E-state index in [9.17, 15) is 4.79 Å². The van der Waals surface area contributed by atoms with E-state index < -0.39 is 0 Å². The highest BCUT2D eigenvalue weighted by Crippen LogP contribution is 2.32. The van der Waals surface area contributed by atoms with E-state index in [1.54, 1.807) is 25.0 Å². The summed E-state index contributed by atoms with van der Waals surface area (Å²) < 4.78 is 12.4. The van der Waals surface area contributed by atoms with Gasteiger partial charge in [-0.3, -0.25) is 4.79 Å². The summed E-state index contributed by atoms with van der Waals surface area (Å²) in [6.45, 7) is 0. The Labute approximate surface area is 194 Å². The highest BCUT2D eigenvalue weighted by atomic mass is 32.2. The molecule has 174 valence electrons. The van der Waals surface area contributed by atoms with Crippen LogP contribution in [0.15, 0.2) is 23.4 Å². The van der Waals surface area contributed by atoms with Gasteiger partial charge in [-0.15, -0.1) is 5.10 Å². The average molecular weight is 460 g/mol. The summed E-state index contributed by atoms with van der Waals surface area (Å²) in [5.41, 5.74) is 0.734. The lowest BCUT2D eigenvalue weighted by molar-refractivity contribution is -0.135. The Balaban J connectivity index is 1.49. The van der Waals surface area contributed by atoms with Crippen LogP contribution in [0, 0.1) is 0 Å². The van der Waals surface area contributed by atoms with Crippen molar-refractivity contribution in [1.82, 2.24) is 25.1 Å². The van der Waals surface area contributed by atoms with Gasteiger partial charge in [0.2, 0.25) is 11.1 Å². The summed E-state index contributed by atoms with van der Waals surface area (Å²) in [6, 6.07) is 6.27. The average Bonchev–Trinajstić information content (AvgIpc) is 3.32. The molecule has 8 nitrogen and oxygen atoms in total. The number of nitrogens with zero attached hydrogens (tertiary/aromatic N) is 5. The molecule has 32 heavy (non-hydrogen) atoms. The van der Waals surface area contributed by atoms with Crippen molar-refractivity contribution < 1.29 is 14.3 Å². The van der Waals surface area contributed by atoms with Gasteiger partial charge >= 0.3 is 0 Å². The van der Waals surface area contributed by atoms with Gasteiger partial charge in [0.05, 0.1) is 25.7 Å². The van der Waals surface area contributed by atoms with Crippen molar-refractivity contribution in [2.45, 2.75) is 81.4 Å². The molecule has 0 atom stereocenters. The van der Waals surface area contributed by atoms with Crippen LogP contribution in [0.25, 0.3) is 5.69 Å². The molecule has 1 heterocycles. The normalized spacial score (nSPS) is 17.8. The maximum absolute atomic E-state index is 13.5. The molecule has 0 N–H and O–H groups in total. The molecule has 9 heteroatoms. The Morgan fingerprint density at radius 1 is 0.969 bits per heavy atom. The van der Waals surface area contributed by atoms with E-state index in [1.807, 2.05) is 12.1 Å². The van der Waals surface area contributed by atoms with E-state index in [4.69, 9.17) is 9.47 Å². The predicted octanol–water partition coefficient (Wildman–Crippen LogP) is 4.27. The van der Waals surface area contributed by atoms with Crippen molar-refractivity contribution in [1.29, 1.82) is 0 Å². The molecule has 2 aliphatic carbocycles. The van der Waals surface area contributed by atoms with Gasteiger partial charge in [-0.05, 0) is 36.1 Å². The molecule has 0 aliphatic heterocycles. The zero-order chi connectivity index (χ0) is 22.3. The first-order valence-electron chi connectivity index (χ1n) is 11.7. The lowest BCUT2D eigenvalue weighted by Crippen LogP contribution is -2.49. The van der Waals surface area contributed by atoms with Crippen molar-refractivity contribution in [2.24, 2.45) is 0 Å². The second kappa shape index (κ2) is 11.0. The minimum atomic E-state index is 0.214. The fourth-order valence-corrected chi connectivity index (χ4v) is 5.73. The topological polar surface area (TPSA) is 82.4 Å². The summed E-state index contributed by atoms with van der Waals surface area (Å²) >= 11 is 1.39. The summed E-state index contributed by atoms with van der Waals surface area (Å²) in [5, 5.41) is 12.7. The molecule has 2 aliphatic rings. The van der Waals surface area contributed by atoms with E-state index in [2.05, 4.69) is 20.4 Å². The summed E-state index contributed by atoms with van der Waals surface area (Å²) in [4.78, 5) is 15.7. The van der Waals surface area contributed by atoms with Gasteiger partial charge in [0.25, 0.3) is 0 Å². The van der Waals surface area contributed by atoms with Crippen LogP contribution in [0.1, 0.15) is 64.2 Å². The Morgan fingerprint density at radius 2 is 1.53 bits per heavy atom. The Bertz CT molecular complexity index is 853. The number of amides is 1. The molecule has 0 radical (unpaired) electrons. The minimum Gasteiger partial charge on any atom is -0.497 e. The van der Waals surface area contributed by atoms with Crippen molar-refractivity contribution in [3.8, 4) is 17.2 Å². The zero-order valence-electron chi connectivity index (χ0n) is 19.0. The summed E-state index contributed by atoms with van der Waals surface area (Å²) in [5.74, 6) is 1.87. The number of methoxy groups -OCH3 is 2. The van der Waals surface area contributed by atoms with Gasteiger partial charge in [-0.1, -0.05) is 50.3 Å². The monoisotopic (exact) mass is 459 g/mol. The minimum absolute atomic E-state index is 0.214. The molecule has 2 fully saturated rings. The van der Waals surface area contributed by atoms with Crippen LogP contribution in [0.4, 0.5) is 0 Å². The number of benzene rings is 1. The first-order chi connectivity index (χ1) is 15.7. The predicted molar refractivity (Wildman–Crippen MR) is 124 cm³/mol. The first-order valence-corrected chi connectivity index (χ1v) is 12.6. The van der Waals surface area contributed by atoms with Gasteiger partial charge in [0.1, 0.15) is 11.5 Å². The van der Waals surface area contributed by atoms with E-state index in [0.717, 1.165) is 31.4 Å². The molecule has 2 aromatic rings. The fraction of sp³-hybridized carbons (Fsp3) is 0.652. The van der Waals surface area contributed by atoms with E-state index in [-0.39, 0.29) is 5.91 Å². The molecule has 1 aromatic carbocycles. The second-order valence-electron chi connectivity index (χ2n) is 8.62. The van der Waals surface area contributed by atoms with E-state index >= 15 is 0 Å². The lowest BCUT2D eigenvalue weighted by Gasteiger charge is -2.41. The standard InChI is InChI=1S/C23H33N5O3S/c1-30-20-13-19(14-21(15-20)31-2)28-23(24-25-26-28)32-16-22(29)27(17-9-5-3-6-10-17)18-11-7-4-8-12-18/h13-15,17-18H,3-12,16H2,1-2H3. The van der Waals surface area contributed by atoms with Crippen LogP contribution in [-0.2, 0) is 4.79 Å². The molecule has 0 unspecified atom stereocenters. The third-order valence-corrected chi connectivity index (χ3v) is 7.47. The van der Waals surface area contributed by atoms with Crippen LogP contribution < -0.4 is 9.47 Å². The molecular weight excluding hydrogens is 426 g/mol. The SMILES string of the molecule is COc1cc(OC)cc(-n2nnnc2SCC(=O)N(C2CCCCC2)C2CCCCC2)c1. The number of thioether (sulfide) groups is 1. The van der Waals surface area contributed by atoms with Gasteiger partial charge in [0.15, 0.2) is 0 Å². The number of hydrogen-bond donors (Lipinski definition) is 0.